The maximum Gasteiger partial charge on any atom is 0.252 e. The van der Waals surface area contributed by atoms with Gasteiger partial charge in [0.05, 0.1) is 13.5 Å². The first-order valence-corrected chi connectivity index (χ1v) is 10.5. The Morgan fingerprint density at radius 1 is 1.17 bits per heavy atom. The highest BCUT2D eigenvalue weighted by Crippen LogP contribution is 2.23. The van der Waals surface area contributed by atoms with Gasteiger partial charge in [0.1, 0.15) is 11.8 Å². The second-order valence-corrected chi connectivity index (χ2v) is 7.73. The first-order valence-electron chi connectivity index (χ1n) is 9.73. The number of benzene rings is 2. The molecule has 0 saturated carbocycles. The van der Waals surface area contributed by atoms with Gasteiger partial charge in [0.25, 0.3) is 5.91 Å². The number of anilines is 1. The predicted molar refractivity (Wildman–Crippen MR) is 122 cm³/mol. The molecule has 1 N–H and O–H groups in total. The lowest BCUT2D eigenvalue weighted by molar-refractivity contribution is -0.130. The molecule has 8 heteroatoms. The molecule has 1 aliphatic heterocycles. The van der Waals surface area contributed by atoms with Crippen LogP contribution in [-0.4, -0.2) is 53.0 Å². The van der Waals surface area contributed by atoms with Gasteiger partial charge < -0.3 is 15.0 Å². The standard InChI is InChI=1S/C22H24ClN3O3S/c1-3-25-21(28)19(14-20(27)24-17-8-10-18(29-2)11-9-17)26(22(25)30)13-12-15-4-6-16(23)7-5-15/h4-11,19H,3,12-14H2,1-2H3,(H,24,27)/t19-/m0/s1. The van der Waals surface area contributed by atoms with Crippen LogP contribution in [0.2, 0.25) is 5.02 Å². The third-order valence-corrected chi connectivity index (χ3v) is 5.73. The second-order valence-electron chi connectivity index (χ2n) is 6.93. The van der Waals surface area contributed by atoms with Gasteiger partial charge in [-0.2, -0.15) is 0 Å². The fourth-order valence-corrected chi connectivity index (χ4v) is 3.96. The zero-order chi connectivity index (χ0) is 21.7. The summed E-state index contributed by atoms with van der Waals surface area (Å²) in [6.07, 6.45) is 0.723. The van der Waals surface area contributed by atoms with Crippen LogP contribution in [0.15, 0.2) is 48.5 Å². The van der Waals surface area contributed by atoms with Gasteiger partial charge in [-0.25, -0.2) is 0 Å². The van der Waals surface area contributed by atoms with E-state index in [0.717, 1.165) is 5.56 Å². The summed E-state index contributed by atoms with van der Waals surface area (Å²) in [5.74, 6) is 0.329. The number of thiocarbonyl (C=S) groups is 1. The van der Waals surface area contributed by atoms with Crippen LogP contribution in [0.4, 0.5) is 5.69 Å². The fourth-order valence-electron chi connectivity index (χ4n) is 3.40. The second kappa shape index (κ2) is 9.91. The molecule has 0 aromatic heterocycles. The Kier molecular flexibility index (Phi) is 7.29. The molecule has 2 aromatic rings. The summed E-state index contributed by atoms with van der Waals surface area (Å²) in [6.45, 7) is 2.90. The number of halogens is 1. The van der Waals surface area contributed by atoms with Crippen molar-refractivity contribution >= 4 is 46.4 Å². The summed E-state index contributed by atoms with van der Waals surface area (Å²) in [5, 5.41) is 3.99. The molecule has 1 saturated heterocycles. The maximum absolute atomic E-state index is 12.9. The average Bonchev–Trinajstić information content (AvgIpc) is 2.96. The molecule has 0 aliphatic carbocycles. The highest BCUT2D eigenvalue weighted by Gasteiger charge is 2.42. The van der Waals surface area contributed by atoms with E-state index in [2.05, 4.69) is 5.32 Å². The average molecular weight is 446 g/mol. The quantitative estimate of drug-likeness (QED) is 0.627. The summed E-state index contributed by atoms with van der Waals surface area (Å²) in [6, 6.07) is 14.0. The Labute approximate surface area is 186 Å². The van der Waals surface area contributed by atoms with Gasteiger partial charge in [0.15, 0.2) is 5.11 Å². The largest absolute Gasteiger partial charge is 0.497 e. The predicted octanol–water partition coefficient (Wildman–Crippen LogP) is 3.74. The third-order valence-electron chi connectivity index (χ3n) is 5.03. The minimum atomic E-state index is -0.608. The smallest absolute Gasteiger partial charge is 0.252 e. The fraction of sp³-hybridized carbons (Fsp3) is 0.318. The Morgan fingerprint density at radius 3 is 2.43 bits per heavy atom. The first kappa shape index (κ1) is 22.1. The van der Waals surface area contributed by atoms with E-state index in [1.807, 2.05) is 36.1 Å². The van der Waals surface area contributed by atoms with Crippen molar-refractivity contribution in [3.8, 4) is 5.75 Å². The van der Waals surface area contributed by atoms with Crippen molar-refractivity contribution in [3.63, 3.8) is 0 Å². The number of hydrogen-bond acceptors (Lipinski definition) is 4. The molecule has 0 radical (unpaired) electrons. The lowest BCUT2D eigenvalue weighted by Crippen LogP contribution is -2.39. The van der Waals surface area contributed by atoms with E-state index in [1.54, 1.807) is 36.3 Å². The summed E-state index contributed by atoms with van der Waals surface area (Å²) >= 11 is 11.5. The van der Waals surface area contributed by atoms with Crippen molar-refractivity contribution in [2.45, 2.75) is 25.8 Å². The van der Waals surface area contributed by atoms with E-state index < -0.39 is 6.04 Å². The molecule has 1 aliphatic rings. The summed E-state index contributed by atoms with van der Waals surface area (Å²) < 4.78 is 5.12. The monoisotopic (exact) mass is 445 g/mol. The number of carbonyl (C=O) groups excluding carboxylic acids is 2. The van der Waals surface area contributed by atoms with E-state index in [0.29, 0.717) is 41.1 Å². The first-order chi connectivity index (χ1) is 14.4. The molecule has 2 amide bonds. The number of amides is 2. The molecule has 0 bridgehead atoms. The number of likely N-dealkylation sites (N-methyl/N-ethyl adjacent to an activating group) is 1. The minimum Gasteiger partial charge on any atom is -0.497 e. The normalized spacial score (nSPS) is 16.2. The van der Waals surface area contributed by atoms with Crippen LogP contribution >= 0.6 is 23.8 Å². The number of nitrogens with one attached hydrogen (secondary N) is 1. The van der Waals surface area contributed by atoms with Crippen LogP contribution in [0.3, 0.4) is 0 Å². The number of methoxy groups -OCH3 is 1. The molecule has 2 aromatic carbocycles. The van der Waals surface area contributed by atoms with Crippen molar-refractivity contribution < 1.29 is 14.3 Å². The number of hydrogen-bond donors (Lipinski definition) is 1. The number of carbonyl (C=O) groups is 2. The van der Waals surface area contributed by atoms with Crippen LogP contribution in [0, 0.1) is 0 Å². The van der Waals surface area contributed by atoms with Crippen LogP contribution in [0.5, 0.6) is 5.75 Å². The van der Waals surface area contributed by atoms with Gasteiger partial charge in [0, 0.05) is 23.8 Å². The Hall–Kier alpha value is -2.64. The van der Waals surface area contributed by atoms with Crippen molar-refractivity contribution in [2.24, 2.45) is 0 Å². The van der Waals surface area contributed by atoms with E-state index in [1.165, 1.54) is 0 Å². The Balaban J connectivity index is 1.68. The molecule has 3 rings (SSSR count). The SMILES string of the molecule is CCN1C(=O)[C@H](CC(=O)Nc2ccc(OC)cc2)N(CCc2ccc(Cl)cc2)C1=S. The highest BCUT2D eigenvalue weighted by molar-refractivity contribution is 7.80. The zero-order valence-electron chi connectivity index (χ0n) is 16.9. The van der Waals surface area contributed by atoms with Crippen molar-refractivity contribution in [2.75, 3.05) is 25.5 Å². The van der Waals surface area contributed by atoms with Crippen molar-refractivity contribution in [3.05, 3.63) is 59.1 Å². The maximum atomic E-state index is 12.9. The van der Waals surface area contributed by atoms with E-state index in [9.17, 15) is 9.59 Å². The number of rotatable bonds is 8. The van der Waals surface area contributed by atoms with Crippen molar-refractivity contribution in [1.82, 2.24) is 9.80 Å². The minimum absolute atomic E-state index is 0.0299. The van der Waals surface area contributed by atoms with Gasteiger partial charge in [-0.3, -0.25) is 14.5 Å². The zero-order valence-corrected chi connectivity index (χ0v) is 18.5. The molecule has 1 atom stereocenters. The molecule has 158 valence electrons. The summed E-state index contributed by atoms with van der Waals surface area (Å²) in [4.78, 5) is 28.9. The van der Waals surface area contributed by atoms with E-state index in [-0.39, 0.29) is 18.2 Å². The lowest BCUT2D eigenvalue weighted by atomic mass is 10.1. The van der Waals surface area contributed by atoms with Gasteiger partial charge >= 0.3 is 0 Å². The lowest BCUT2D eigenvalue weighted by Gasteiger charge is -2.23. The molecular weight excluding hydrogens is 422 g/mol. The molecule has 30 heavy (non-hydrogen) atoms. The molecule has 0 spiro atoms. The number of nitrogens with zero attached hydrogens (tertiary/aromatic N) is 2. The highest BCUT2D eigenvalue weighted by atomic mass is 35.5. The number of ether oxygens (including phenoxy) is 1. The van der Waals surface area contributed by atoms with Gasteiger partial charge in [0.2, 0.25) is 5.91 Å². The molecule has 1 heterocycles. The van der Waals surface area contributed by atoms with Crippen LogP contribution in [0.25, 0.3) is 0 Å². The topological polar surface area (TPSA) is 61.9 Å². The molecule has 0 unspecified atom stereocenters. The molecular formula is C22H24ClN3O3S. The van der Waals surface area contributed by atoms with Crippen LogP contribution in [0.1, 0.15) is 18.9 Å². The molecule has 6 nitrogen and oxygen atoms in total. The van der Waals surface area contributed by atoms with Gasteiger partial charge in [-0.1, -0.05) is 23.7 Å². The molecule has 1 fully saturated rings. The van der Waals surface area contributed by atoms with Crippen LogP contribution < -0.4 is 10.1 Å². The Bertz CT molecular complexity index is 918. The van der Waals surface area contributed by atoms with E-state index >= 15 is 0 Å². The van der Waals surface area contributed by atoms with Crippen molar-refractivity contribution in [1.29, 1.82) is 0 Å². The van der Waals surface area contributed by atoms with Gasteiger partial charge in [-0.15, -0.1) is 0 Å². The Morgan fingerprint density at radius 2 is 1.83 bits per heavy atom. The third kappa shape index (κ3) is 5.09. The summed E-state index contributed by atoms with van der Waals surface area (Å²) in [7, 11) is 1.58. The van der Waals surface area contributed by atoms with Gasteiger partial charge in [-0.05, 0) is 67.5 Å². The van der Waals surface area contributed by atoms with Crippen LogP contribution in [-0.2, 0) is 16.0 Å². The van der Waals surface area contributed by atoms with E-state index in [4.69, 9.17) is 28.6 Å². The summed E-state index contributed by atoms with van der Waals surface area (Å²) in [5.41, 5.74) is 1.74.